The van der Waals surface area contributed by atoms with Crippen molar-refractivity contribution in [3.8, 4) is 22.3 Å². The second kappa shape index (κ2) is 8.57. The van der Waals surface area contributed by atoms with Crippen molar-refractivity contribution < 1.29 is 8.83 Å². The third kappa shape index (κ3) is 3.12. The van der Waals surface area contributed by atoms with Gasteiger partial charge in [0.15, 0.2) is 0 Å². The number of hydrogen-bond acceptors (Lipinski definition) is 3. The van der Waals surface area contributed by atoms with Gasteiger partial charge in [-0.05, 0) is 68.6 Å². The SMILES string of the molecule is c1cc(-c2c3ccccc3c(-c3cccc4c3sc3ccccc34)c3ccccc23)c2c(c1)oc1ccc3occc3c12. The van der Waals surface area contributed by atoms with Gasteiger partial charge in [-0.2, -0.15) is 0 Å². The van der Waals surface area contributed by atoms with Crippen LogP contribution < -0.4 is 0 Å². The van der Waals surface area contributed by atoms with E-state index in [2.05, 4.69) is 109 Å². The molecule has 200 valence electrons. The van der Waals surface area contributed by atoms with E-state index in [1.54, 1.807) is 6.26 Å². The van der Waals surface area contributed by atoms with Crippen LogP contribution in [-0.2, 0) is 0 Å². The van der Waals surface area contributed by atoms with E-state index in [0.29, 0.717) is 0 Å². The lowest BCUT2D eigenvalue weighted by atomic mass is 9.84. The summed E-state index contributed by atoms with van der Waals surface area (Å²) in [6.45, 7) is 0. The molecular weight excluding hydrogens is 545 g/mol. The Kier molecular flexibility index (Phi) is 4.63. The summed E-state index contributed by atoms with van der Waals surface area (Å²) < 4.78 is 14.9. The monoisotopic (exact) mass is 566 g/mol. The Bertz CT molecular complexity index is 2680. The molecule has 0 fully saturated rings. The Balaban J connectivity index is 1.39. The third-order valence-electron chi connectivity index (χ3n) is 8.97. The Morgan fingerprint density at radius 3 is 1.74 bits per heavy atom. The highest BCUT2D eigenvalue weighted by Crippen LogP contribution is 2.50. The van der Waals surface area contributed by atoms with E-state index in [0.717, 1.165) is 32.9 Å². The maximum absolute atomic E-state index is 6.45. The number of rotatable bonds is 2. The summed E-state index contributed by atoms with van der Waals surface area (Å²) in [6, 6.07) is 45.8. The maximum Gasteiger partial charge on any atom is 0.136 e. The average Bonchev–Trinajstić information content (AvgIpc) is 3.78. The lowest BCUT2D eigenvalue weighted by Crippen LogP contribution is -1.91. The summed E-state index contributed by atoms with van der Waals surface area (Å²) in [6.07, 6.45) is 1.76. The lowest BCUT2D eigenvalue weighted by molar-refractivity contribution is 0.615. The second-order valence-corrected chi connectivity index (χ2v) is 12.2. The van der Waals surface area contributed by atoms with Crippen LogP contribution in [0, 0.1) is 0 Å². The molecule has 7 aromatic carbocycles. The van der Waals surface area contributed by atoms with Gasteiger partial charge in [0.05, 0.1) is 6.26 Å². The highest BCUT2D eigenvalue weighted by atomic mass is 32.1. The van der Waals surface area contributed by atoms with Crippen molar-refractivity contribution in [2.24, 2.45) is 0 Å². The summed E-state index contributed by atoms with van der Waals surface area (Å²) in [5.41, 5.74) is 7.59. The maximum atomic E-state index is 6.45. The van der Waals surface area contributed by atoms with Gasteiger partial charge >= 0.3 is 0 Å². The van der Waals surface area contributed by atoms with E-state index in [1.807, 2.05) is 29.5 Å². The first kappa shape index (κ1) is 23.2. The van der Waals surface area contributed by atoms with E-state index >= 15 is 0 Å². The molecule has 0 spiro atoms. The normalized spacial score (nSPS) is 12.2. The Morgan fingerprint density at radius 1 is 0.395 bits per heavy atom. The molecule has 0 saturated carbocycles. The largest absolute Gasteiger partial charge is 0.464 e. The molecule has 0 aliphatic heterocycles. The Morgan fingerprint density at radius 2 is 0.977 bits per heavy atom. The fraction of sp³-hybridized carbons (Fsp3) is 0. The zero-order valence-corrected chi connectivity index (χ0v) is 23.7. The highest BCUT2D eigenvalue weighted by Gasteiger charge is 2.22. The van der Waals surface area contributed by atoms with Crippen molar-refractivity contribution in [3.63, 3.8) is 0 Å². The van der Waals surface area contributed by atoms with Gasteiger partial charge in [0.25, 0.3) is 0 Å². The van der Waals surface area contributed by atoms with E-state index < -0.39 is 0 Å². The van der Waals surface area contributed by atoms with Crippen LogP contribution in [0.4, 0.5) is 0 Å². The molecule has 0 N–H and O–H groups in total. The minimum atomic E-state index is 0.867. The predicted molar refractivity (Wildman–Crippen MR) is 182 cm³/mol. The van der Waals surface area contributed by atoms with Crippen molar-refractivity contribution in [3.05, 3.63) is 134 Å². The van der Waals surface area contributed by atoms with Gasteiger partial charge in [0, 0.05) is 41.9 Å². The number of hydrogen-bond donors (Lipinski definition) is 0. The van der Waals surface area contributed by atoms with E-state index in [9.17, 15) is 0 Å². The molecular formula is C40H22O2S. The zero-order valence-electron chi connectivity index (χ0n) is 22.9. The predicted octanol–water partition coefficient (Wildman–Crippen LogP) is 12.3. The molecule has 43 heavy (non-hydrogen) atoms. The first-order chi connectivity index (χ1) is 21.3. The van der Waals surface area contributed by atoms with Crippen LogP contribution in [-0.4, -0.2) is 0 Å². The summed E-state index contributed by atoms with van der Waals surface area (Å²) in [7, 11) is 0. The van der Waals surface area contributed by atoms with Crippen molar-refractivity contribution in [1.29, 1.82) is 0 Å². The van der Waals surface area contributed by atoms with Gasteiger partial charge in [0.1, 0.15) is 16.7 Å². The molecule has 0 atom stereocenters. The minimum absolute atomic E-state index is 0.867. The number of fused-ring (bicyclic) bond motifs is 10. The van der Waals surface area contributed by atoms with Gasteiger partial charge in [0.2, 0.25) is 0 Å². The van der Waals surface area contributed by atoms with Crippen LogP contribution in [0.3, 0.4) is 0 Å². The molecule has 0 amide bonds. The van der Waals surface area contributed by atoms with Crippen LogP contribution in [0.1, 0.15) is 0 Å². The van der Waals surface area contributed by atoms with Crippen LogP contribution in [0.15, 0.2) is 142 Å². The fourth-order valence-corrected chi connectivity index (χ4v) is 8.44. The van der Waals surface area contributed by atoms with Gasteiger partial charge < -0.3 is 8.83 Å². The lowest BCUT2D eigenvalue weighted by Gasteiger charge is -2.18. The number of furan rings is 2. The van der Waals surface area contributed by atoms with Crippen LogP contribution in [0.5, 0.6) is 0 Å². The first-order valence-corrected chi connectivity index (χ1v) is 15.3. The summed E-state index contributed by atoms with van der Waals surface area (Å²) in [5, 5.41) is 10.9. The molecule has 0 aliphatic rings. The smallest absolute Gasteiger partial charge is 0.136 e. The van der Waals surface area contributed by atoms with Crippen LogP contribution in [0.2, 0.25) is 0 Å². The zero-order chi connectivity index (χ0) is 28.1. The number of thiophene rings is 1. The molecule has 3 aromatic heterocycles. The van der Waals surface area contributed by atoms with Gasteiger partial charge in [-0.1, -0.05) is 97.1 Å². The van der Waals surface area contributed by atoms with Crippen LogP contribution >= 0.6 is 11.3 Å². The van der Waals surface area contributed by atoms with Crippen molar-refractivity contribution in [2.45, 2.75) is 0 Å². The van der Waals surface area contributed by atoms with E-state index in [1.165, 1.54) is 64.0 Å². The summed E-state index contributed by atoms with van der Waals surface area (Å²) >= 11 is 1.89. The Labute approximate surface area is 250 Å². The van der Waals surface area contributed by atoms with Crippen molar-refractivity contribution in [1.82, 2.24) is 0 Å². The summed E-state index contributed by atoms with van der Waals surface area (Å²) in [5.74, 6) is 0. The second-order valence-electron chi connectivity index (χ2n) is 11.2. The molecule has 10 aromatic rings. The van der Waals surface area contributed by atoms with Gasteiger partial charge in [-0.3, -0.25) is 0 Å². The molecule has 10 rings (SSSR count). The van der Waals surface area contributed by atoms with Gasteiger partial charge in [-0.15, -0.1) is 11.3 Å². The molecule has 3 heteroatoms. The topological polar surface area (TPSA) is 26.3 Å². The van der Waals surface area contributed by atoms with Crippen molar-refractivity contribution >= 4 is 86.0 Å². The molecule has 2 nitrogen and oxygen atoms in total. The molecule has 0 radical (unpaired) electrons. The minimum Gasteiger partial charge on any atom is -0.464 e. The first-order valence-electron chi connectivity index (χ1n) is 14.5. The number of benzene rings is 7. The molecule has 0 aliphatic carbocycles. The molecule has 0 unspecified atom stereocenters. The fourth-order valence-electron chi connectivity index (χ4n) is 7.22. The molecule has 0 bridgehead atoms. The van der Waals surface area contributed by atoms with Gasteiger partial charge in [-0.25, -0.2) is 0 Å². The molecule has 3 heterocycles. The quantitative estimate of drug-likeness (QED) is 0.195. The van der Waals surface area contributed by atoms with E-state index in [4.69, 9.17) is 8.83 Å². The standard InChI is InChI=1S/C40H22O2S/c1-3-12-26-24(10-1)36(30-15-8-17-33-39(30)38-29-21-22-41-32(29)19-20-34(38)42-33)25-11-2-4-13-27(25)37(26)31-16-7-14-28-23-9-5-6-18-35(23)43-40(28)31/h1-22H. The Hall–Kier alpha value is -5.38. The molecule has 0 saturated heterocycles. The van der Waals surface area contributed by atoms with Crippen LogP contribution in [0.25, 0.3) is 96.9 Å². The third-order valence-corrected chi connectivity index (χ3v) is 10.2. The average molecular weight is 567 g/mol. The highest BCUT2D eigenvalue weighted by molar-refractivity contribution is 7.26. The summed E-state index contributed by atoms with van der Waals surface area (Å²) in [4.78, 5) is 0. The van der Waals surface area contributed by atoms with E-state index in [-0.39, 0.29) is 0 Å². The van der Waals surface area contributed by atoms with Crippen molar-refractivity contribution in [2.75, 3.05) is 0 Å².